The first-order valence-electron chi connectivity index (χ1n) is 5.93. The second-order valence-corrected chi connectivity index (χ2v) is 6.67. The second kappa shape index (κ2) is 6.07. The fourth-order valence-corrected chi connectivity index (χ4v) is 1.47. The molecule has 3 nitrogen and oxygen atoms in total. The quantitative estimate of drug-likeness (QED) is 0.456. The highest BCUT2D eigenvalue weighted by atomic mass is 17.1. The Hall–Kier alpha value is -1.01. The van der Waals surface area contributed by atoms with Crippen LogP contribution in [0.25, 0.3) is 0 Å². The number of hydrogen-bond donors (Lipinski definition) is 1. The standard InChI is InChI=1S/C14H24O3/c1-13(2,3)10-9-11(14(4,5)6)7-8-12(15)17-16/h11,16H,9-10H2,1-6H3. The Balaban J connectivity index is 4.67. The van der Waals surface area contributed by atoms with Crippen LogP contribution in [0.15, 0.2) is 0 Å². The lowest BCUT2D eigenvalue weighted by atomic mass is 9.75. The second-order valence-electron chi connectivity index (χ2n) is 6.67. The summed E-state index contributed by atoms with van der Waals surface area (Å²) in [5, 5.41) is 8.16. The molecular formula is C14H24O3. The summed E-state index contributed by atoms with van der Waals surface area (Å²) < 4.78 is 0. The molecule has 0 heterocycles. The number of carbonyl (C=O) groups is 1. The van der Waals surface area contributed by atoms with Crippen LogP contribution in [-0.2, 0) is 9.68 Å². The summed E-state index contributed by atoms with van der Waals surface area (Å²) in [4.78, 5) is 14.3. The fraction of sp³-hybridized carbons (Fsp3) is 0.786. The minimum atomic E-state index is -0.894. The van der Waals surface area contributed by atoms with E-state index in [1.165, 1.54) is 0 Å². The Kier molecular flexibility index (Phi) is 5.71. The van der Waals surface area contributed by atoms with Gasteiger partial charge in [0.05, 0.1) is 0 Å². The third-order valence-corrected chi connectivity index (χ3v) is 2.66. The van der Waals surface area contributed by atoms with Gasteiger partial charge in [-0.25, -0.2) is 4.79 Å². The highest BCUT2D eigenvalue weighted by molar-refractivity contribution is 5.87. The lowest BCUT2D eigenvalue weighted by Crippen LogP contribution is -2.21. The average Bonchev–Trinajstić information content (AvgIpc) is 2.13. The summed E-state index contributed by atoms with van der Waals surface area (Å²) in [5.41, 5.74) is 0.261. The van der Waals surface area contributed by atoms with Gasteiger partial charge in [-0.3, -0.25) is 4.89 Å². The smallest absolute Gasteiger partial charge is 0.286 e. The van der Waals surface area contributed by atoms with E-state index in [-0.39, 0.29) is 16.7 Å². The Morgan fingerprint density at radius 3 is 2.12 bits per heavy atom. The molecule has 0 rings (SSSR count). The third-order valence-electron chi connectivity index (χ3n) is 2.66. The highest BCUT2D eigenvalue weighted by Gasteiger charge is 2.24. The number of rotatable bonds is 2. The Morgan fingerprint density at radius 2 is 1.76 bits per heavy atom. The van der Waals surface area contributed by atoms with Crippen molar-refractivity contribution in [1.82, 2.24) is 0 Å². The summed E-state index contributed by atoms with van der Waals surface area (Å²) in [7, 11) is 0. The van der Waals surface area contributed by atoms with Gasteiger partial charge in [0, 0.05) is 11.8 Å². The van der Waals surface area contributed by atoms with E-state index in [4.69, 9.17) is 5.26 Å². The van der Waals surface area contributed by atoms with E-state index in [1.807, 2.05) is 0 Å². The highest BCUT2D eigenvalue weighted by Crippen LogP contribution is 2.33. The van der Waals surface area contributed by atoms with Crippen LogP contribution in [0.2, 0.25) is 0 Å². The topological polar surface area (TPSA) is 46.5 Å². The minimum Gasteiger partial charge on any atom is -0.286 e. The van der Waals surface area contributed by atoms with E-state index in [1.54, 1.807) is 0 Å². The molecule has 0 saturated heterocycles. The molecule has 1 N–H and O–H groups in total. The van der Waals surface area contributed by atoms with E-state index in [9.17, 15) is 4.79 Å². The Morgan fingerprint density at radius 1 is 1.24 bits per heavy atom. The first-order valence-corrected chi connectivity index (χ1v) is 5.93. The molecule has 0 aliphatic carbocycles. The molecule has 0 aliphatic heterocycles. The zero-order valence-electron chi connectivity index (χ0n) is 11.8. The molecule has 0 aromatic rings. The molecular weight excluding hydrogens is 216 g/mol. The zero-order valence-corrected chi connectivity index (χ0v) is 11.8. The van der Waals surface area contributed by atoms with E-state index in [2.05, 4.69) is 58.3 Å². The molecule has 3 heteroatoms. The van der Waals surface area contributed by atoms with Crippen molar-refractivity contribution in [2.24, 2.45) is 16.7 Å². The van der Waals surface area contributed by atoms with Gasteiger partial charge in [-0.2, -0.15) is 5.26 Å². The van der Waals surface area contributed by atoms with Gasteiger partial charge in [0.2, 0.25) is 0 Å². The molecule has 17 heavy (non-hydrogen) atoms. The summed E-state index contributed by atoms with van der Waals surface area (Å²) in [5.74, 6) is 4.43. The van der Waals surface area contributed by atoms with Crippen LogP contribution in [0.3, 0.4) is 0 Å². The van der Waals surface area contributed by atoms with Gasteiger partial charge in [0.1, 0.15) is 0 Å². The van der Waals surface area contributed by atoms with Gasteiger partial charge in [-0.1, -0.05) is 47.5 Å². The molecule has 0 aromatic carbocycles. The zero-order chi connectivity index (χ0) is 13.7. The number of hydrogen-bond acceptors (Lipinski definition) is 3. The van der Waals surface area contributed by atoms with E-state index < -0.39 is 5.97 Å². The van der Waals surface area contributed by atoms with Crippen molar-refractivity contribution in [2.45, 2.75) is 54.4 Å². The summed E-state index contributed by atoms with van der Waals surface area (Å²) in [6.45, 7) is 12.8. The maximum absolute atomic E-state index is 10.8. The Bertz CT molecular complexity index is 307. The fourth-order valence-electron chi connectivity index (χ4n) is 1.47. The molecule has 1 unspecified atom stereocenters. The van der Waals surface area contributed by atoms with Crippen molar-refractivity contribution in [3.05, 3.63) is 0 Å². The van der Waals surface area contributed by atoms with Gasteiger partial charge in [-0.05, 0) is 23.7 Å². The third kappa shape index (κ3) is 7.82. The average molecular weight is 240 g/mol. The molecule has 0 aliphatic rings. The van der Waals surface area contributed by atoms with Crippen LogP contribution in [-0.4, -0.2) is 11.2 Å². The lowest BCUT2D eigenvalue weighted by molar-refractivity contribution is -0.226. The van der Waals surface area contributed by atoms with E-state index >= 15 is 0 Å². The van der Waals surface area contributed by atoms with Crippen molar-refractivity contribution >= 4 is 5.97 Å². The molecule has 0 saturated carbocycles. The summed E-state index contributed by atoms with van der Waals surface area (Å²) >= 11 is 0. The predicted octanol–water partition coefficient (Wildman–Crippen LogP) is 3.49. The molecule has 98 valence electrons. The first kappa shape index (κ1) is 16.0. The van der Waals surface area contributed by atoms with Crippen LogP contribution >= 0.6 is 0 Å². The first-order chi connectivity index (χ1) is 7.56. The van der Waals surface area contributed by atoms with Gasteiger partial charge in [-0.15, -0.1) is 0 Å². The van der Waals surface area contributed by atoms with E-state index in [0.29, 0.717) is 0 Å². The molecule has 0 spiro atoms. The largest absolute Gasteiger partial charge is 0.416 e. The maximum atomic E-state index is 10.8. The van der Waals surface area contributed by atoms with Gasteiger partial charge in [0.15, 0.2) is 0 Å². The van der Waals surface area contributed by atoms with Crippen LogP contribution in [0.1, 0.15) is 54.4 Å². The van der Waals surface area contributed by atoms with Crippen LogP contribution in [0, 0.1) is 28.6 Å². The van der Waals surface area contributed by atoms with Crippen LogP contribution in [0.4, 0.5) is 0 Å². The molecule has 0 radical (unpaired) electrons. The summed E-state index contributed by atoms with van der Waals surface area (Å²) in [6, 6.07) is 0. The minimum absolute atomic E-state index is 0.00792. The maximum Gasteiger partial charge on any atom is 0.416 e. The summed E-state index contributed by atoms with van der Waals surface area (Å²) in [6.07, 6.45) is 1.97. The Labute approximate surface area is 104 Å². The SMILES string of the molecule is CC(C)(C)CCC(C#CC(=O)OO)C(C)(C)C. The van der Waals surface area contributed by atoms with Crippen molar-refractivity contribution < 1.29 is 14.9 Å². The van der Waals surface area contributed by atoms with Crippen molar-refractivity contribution in [1.29, 1.82) is 0 Å². The van der Waals surface area contributed by atoms with Crippen molar-refractivity contribution in [3.63, 3.8) is 0 Å². The molecule has 0 bridgehead atoms. The van der Waals surface area contributed by atoms with Crippen molar-refractivity contribution in [3.8, 4) is 11.8 Å². The molecule has 1 atom stereocenters. The van der Waals surface area contributed by atoms with Crippen LogP contribution in [0.5, 0.6) is 0 Å². The van der Waals surface area contributed by atoms with Crippen molar-refractivity contribution in [2.75, 3.05) is 0 Å². The monoisotopic (exact) mass is 240 g/mol. The van der Waals surface area contributed by atoms with Gasteiger partial charge in [0.25, 0.3) is 0 Å². The molecule has 0 fully saturated rings. The predicted molar refractivity (Wildman–Crippen MR) is 68.1 cm³/mol. The van der Waals surface area contributed by atoms with Crippen LogP contribution < -0.4 is 0 Å². The number of carbonyl (C=O) groups excluding carboxylic acids is 1. The lowest BCUT2D eigenvalue weighted by Gasteiger charge is -2.29. The normalized spacial score (nSPS) is 13.6. The van der Waals surface area contributed by atoms with Gasteiger partial charge < -0.3 is 0 Å². The van der Waals surface area contributed by atoms with E-state index in [0.717, 1.165) is 12.8 Å². The molecule has 0 aromatic heterocycles. The molecule has 0 amide bonds. The van der Waals surface area contributed by atoms with Gasteiger partial charge >= 0.3 is 5.97 Å².